The van der Waals surface area contributed by atoms with Gasteiger partial charge in [-0.3, -0.25) is 0 Å². The van der Waals surface area contributed by atoms with E-state index in [1.165, 1.54) is 12.0 Å². The van der Waals surface area contributed by atoms with Crippen molar-refractivity contribution in [2.45, 2.75) is 45.8 Å². The maximum absolute atomic E-state index is 10.5. The first-order valence-corrected chi connectivity index (χ1v) is 7.87. The molecule has 0 heterocycles. The van der Waals surface area contributed by atoms with E-state index in [-0.39, 0.29) is 11.5 Å². The molecule has 1 aromatic rings. The van der Waals surface area contributed by atoms with Crippen molar-refractivity contribution in [3.05, 3.63) is 34.9 Å². The lowest BCUT2D eigenvalue weighted by molar-refractivity contribution is -0.0414. The molecule has 1 N–H and O–H groups in total. The highest BCUT2D eigenvalue weighted by molar-refractivity contribution is 6.30. The number of benzene rings is 1. The molecule has 1 saturated carbocycles. The van der Waals surface area contributed by atoms with Crippen molar-refractivity contribution in [2.24, 2.45) is 11.3 Å². The zero-order chi connectivity index (χ0) is 14.8. The van der Waals surface area contributed by atoms with Crippen LogP contribution in [0.1, 0.15) is 38.7 Å². The summed E-state index contributed by atoms with van der Waals surface area (Å²) in [7, 11) is 2.13. The van der Waals surface area contributed by atoms with Crippen LogP contribution in [-0.2, 0) is 6.54 Å². The van der Waals surface area contributed by atoms with Crippen LogP contribution in [0.3, 0.4) is 0 Å². The van der Waals surface area contributed by atoms with Gasteiger partial charge in [0.15, 0.2) is 0 Å². The van der Waals surface area contributed by atoms with Gasteiger partial charge in [-0.05, 0) is 48.9 Å². The second-order valence-corrected chi connectivity index (χ2v) is 7.35. The molecule has 2 unspecified atom stereocenters. The molecule has 0 aliphatic heterocycles. The predicted octanol–water partition coefficient (Wildman–Crippen LogP) is 3.96. The molecule has 0 aromatic heterocycles. The monoisotopic (exact) mass is 295 g/mol. The molecule has 1 aromatic carbocycles. The minimum absolute atomic E-state index is 0.0596. The molecular weight excluding hydrogens is 270 g/mol. The van der Waals surface area contributed by atoms with Gasteiger partial charge >= 0.3 is 0 Å². The van der Waals surface area contributed by atoms with Crippen LogP contribution in [0.2, 0.25) is 5.02 Å². The summed E-state index contributed by atoms with van der Waals surface area (Å²) in [4.78, 5) is 2.30. The summed E-state index contributed by atoms with van der Waals surface area (Å²) in [6.07, 6.45) is 3.30. The van der Waals surface area contributed by atoms with E-state index < -0.39 is 0 Å². The number of halogens is 1. The second kappa shape index (κ2) is 6.46. The Labute approximate surface area is 127 Å². The Kier molecular flexibility index (Phi) is 5.11. The van der Waals surface area contributed by atoms with Crippen LogP contribution in [0.25, 0.3) is 0 Å². The average molecular weight is 296 g/mol. The van der Waals surface area contributed by atoms with Crippen molar-refractivity contribution < 1.29 is 5.11 Å². The maximum Gasteiger partial charge on any atom is 0.0631 e. The third-order valence-corrected chi connectivity index (χ3v) is 4.81. The van der Waals surface area contributed by atoms with Gasteiger partial charge in [-0.15, -0.1) is 0 Å². The van der Waals surface area contributed by atoms with Gasteiger partial charge in [0.1, 0.15) is 0 Å². The highest BCUT2D eigenvalue weighted by Gasteiger charge is 2.37. The molecule has 2 atom stereocenters. The van der Waals surface area contributed by atoms with Gasteiger partial charge in [-0.2, -0.15) is 0 Å². The SMILES string of the molecule is CN(Cc1ccc(Cl)cc1)CC1CCCC(C)(C)C1O. The molecule has 1 aliphatic carbocycles. The summed E-state index contributed by atoms with van der Waals surface area (Å²) in [5.41, 5.74) is 1.32. The van der Waals surface area contributed by atoms with Gasteiger partial charge in [0, 0.05) is 18.1 Å². The number of aliphatic hydroxyl groups excluding tert-OH is 1. The van der Waals surface area contributed by atoms with Gasteiger partial charge in [-0.1, -0.05) is 44.0 Å². The van der Waals surface area contributed by atoms with Gasteiger partial charge < -0.3 is 10.0 Å². The summed E-state index contributed by atoms with van der Waals surface area (Å²) >= 11 is 5.91. The fraction of sp³-hybridized carbons (Fsp3) is 0.647. The Morgan fingerprint density at radius 2 is 1.95 bits per heavy atom. The van der Waals surface area contributed by atoms with Gasteiger partial charge in [0.2, 0.25) is 0 Å². The van der Waals surface area contributed by atoms with Crippen LogP contribution in [0.4, 0.5) is 0 Å². The van der Waals surface area contributed by atoms with Crippen molar-refractivity contribution in [3.8, 4) is 0 Å². The van der Waals surface area contributed by atoms with Gasteiger partial charge in [-0.25, -0.2) is 0 Å². The van der Waals surface area contributed by atoms with Crippen LogP contribution in [0.5, 0.6) is 0 Å². The molecule has 0 spiro atoms. The summed E-state index contributed by atoms with van der Waals surface area (Å²) in [6.45, 7) is 6.22. The first-order valence-electron chi connectivity index (χ1n) is 7.49. The molecule has 112 valence electrons. The molecule has 0 saturated heterocycles. The molecule has 2 nitrogen and oxygen atoms in total. The normalized spacial score (nSPS) is 25.9. The summed E-state index contributed by atoms with van der Waals surface area (Å²) < 4.78 is 0. The van der Waals surface area contributed by atoms with E-state index >= 15 is 0 Å². The zero-order valence-corrected chi connectivity index (χ0v) is 13.5. The standard InChI is InChI=1S/C17H26ClNO/c1-17(2)10-4-5-14(16(17)20)12-19(3)11-13-6-8-15(18)9-7-13/h6-9,14,16,20H,4-5,10-12H2,1-3H3. The Balaban J connectivity index is 1.90. The molecule has 2 rings (SSSR count). The summed E-state index contributed by atoms with van der Waals surface area (Å²) in [5.74, 6) is 0.385. The molecule has 0 amide bonds. The van der Waals surface area contributed by atoms with Crippen molar-refractivity contribution in [1.82, 2.24) is 4.90 Å². The lowest BCUT2D eigenvalue weighted by Crippen LogP contribution is -2.44. The topological polar surface area (TPSA) is 23.5 Å². The van der Waals surface area contributed by atoms with Crippen LogP contribution in [-0.4, -0.2) is 29.7 Å². The fourth-order valence-corrected chi connectivity index (χ4v) is 3.45. The largest absolute Gasteiger partial charge is 0.392 e. The van der Waals surface area contributed by atoms with E-state index in [0.29, 0.717) is 5.92 Å². The minimum atomic E-state index is -0.191. The molecule has 0 bridgehead atoms. The van der Waals surface area contributed by atoms with Crippen LogP contribution in [0, 0.1) is 11.3 Å². The summed E-state index contributed by atoms with van der Waals surface area (Å²) in [5, 5.41) is 11.3. The van der Waals surface area contributed by atoms with E-state index in [9.17, 15) is 5.11 Å². The summed E-state index contributed by atoms with van der Waals surface area (Å²) in [6, 6.07) is 8.01. The van der Waals surface area contributed by atoms with Crippen molar-refractivity contribution >= 4 is 11.6 Å². The molecule has 1 fully saturated rings. The molecule has 3 heteroatoms. The Bertz CT molecular complexity index is 429. The number of aliphatic hydroxyl groups is 1. The highest BCUT2D eigenvalue weighted by Crippen LogP contribution is 2.39. The number of rotatable bonds is 4. The second-order valence-electron chi connectivity index (χ2n) is 6.91. The van der Waals surface area contributed by atoms with E-state index in [2.05, 4.69) is 37.9 Å². The van der Waals surface area contributed by atoms with E-state index in [4.69, 9.17) is 11.6 Å². The Morgan fingerprint density at radius 1 is 1.30 bits per heavy atom. The van der Waals surface area contributed by atoms with Gasteiger partial charge in [0.25, 0.3) is 0 Å². The van der Waals surface area contributed by atoms with Crippen molar-refractivity contribution in [2.75, 3.05) is 13.6 Å². The van der Waals surface area contributed by atoms with E-state index in [0.717, 1.165) is 31.0 Å². The predicted molar refractivity (Wildman–Crippen MR) is 84.9 cm³/mol. The lowest BCUT2D eigenvalue weighted by Gasteiger charge is -2.42. The molecule has 1 aliphatic rings. The number of hydrogen-bond donors (Lipinski definition) is 1. The van der Waals surface area contributed by atoms with Crippen molar-refractivity contribution in [3.63, 3.8) is 0 Å². The number of hydrogen-bond acceptors (Lipinski definition) is 2. The van der Waals surface area contributed by atoms with Crippen LogP contribution in [0.15, 0.2) is 24.3 Å². The minimum Gasteiger partial charge on any atom is -0.392 e. The third kappa shape index (κ3) is 3.97. The number of nitrogens with zero attached hydrogens (tertiary/aromatic N) is 1. The first-order chi connectivity index (χ1) is 9.38. The Morgan fingerprint density at radius 3 is 2.60 bits per heavy atom. The fourth-order valence-electron chi connectivity index (χ4n) is 3.32. The average Bonchev–Trinajstić information content (AvgIpc) is 2.38. The lowest BCUT2D eigenvalue weighted by atomic mass is 9.69. The molecule has 20 heavy (non-hydrogen) atoms. The maximum atomic E-state index is 10.5. The third-order valence-electron chi connectivity index (χ3n) is 4.56. The van der Waals surface area contributed by atoms with E-state index in [1.54, 1.807) is 0 Å². The van der Waals surface area contributed by atoms with Crippen LogP contribution >= 0.6 is 11.6 Å². The molecule has 0 radical (unpaired) electrons. The van der Waals surface area contributed by atoms with Crippen LogP contribution < -0.4 is 0 Å². The Hall–Kier alpha value is -0.570. The van der Waals surface area contributed by atoms with Crippen molar-refractivity contribution in [1.29, 1.82) is 0 Å². The zero-order valence-electron chi connectivity index (χ0n) is 12.8. The smallest absolute Gasteiger partial charge is 0.0631 e. The first kappa shape index (κ1) is 15.8. The molecular formula is C17H26ClNO. The highest BCUT2D eigenvalue weighted by atomic mass is 35.5. The van der Waals surface area contributed by atoms with Gasteiger partial charge in [0.05, 0.1) is 6.10 Å². The quantitative estimate of drug-likeness (QED) is 0.909. The van der Waals surface area contributed by atoms with E-state index in [1.807, 2.05) is 12.1 Å².